The fourth-order valence-electron chi connectivity index (χ4n) is 1.71. The third-order valence-corrected chi connectivity index (χ3v) is 9.70. The van der Waals surface area contributed by atoms with Crippen LogP contribution < -0.4 is 6.14 Å². The van der Waals surface area contributed by atoms with E-state index in [1.54, 1.807) is 0 Å². The second kappa shape index (κ2) is 5.90. The molecular weight excluding hydrogens is 497 g/mol. The Morgan fingerprint density at radius 1 is 0.476 bits per heavy atom. The van der Waals surface area contributed by atoms with E-state index in [9.17, 15) is 35.1 Å². The van der Waals surface area contributed by atoms with Crippen LogP contribution >= 0.6 is 0 Å². The van der Waals surface area contributed by atoms with Gasteiger partial charge in [-0.25, -0.2) is 0 Å². The number of benzene rings is 2. The summed E-state index contributed by atoms with van der Waals surface area (Å²) in [5.41, 5.74) is 0. The van der Waals surface area contributed by atoms with Crippen molar-refractivity contribution in [3.63, 3.8) is 0 Å². The molecule has 0 atom stereocenters. The van der Waals surface area contributed by atoms with Crippen LogP contribution in [0.15, 0.2) is 12.1 Å². The van der Waals surface area contributed by atoms with Gasteiger partial charge in [-0.2, -0.15) is 0 Å². The third-order valence-electron chi connectivity index (χ3n) is 2.74. The first-order chi connectivity index (χ1) is 9.73. The van der Waals surface area contributed by atoms with Crippen LogP contribution in [0.4, 0.5) is 35.1 Å². The van der Waals surface area contributed by atoms with Crippen LogP contribution in [-0.2, 0) is 24.6 Å². The van der Waals surface area contributed by atoms with Crippen molar-refractivity contribution in [3.8, 4) is 0 Å². The Labute approximate surface area is 124 Å². The quantitative estimate of drug-likeness (QED) is 0.259. The topological polar surface area (TPSA) is 0 Å². The van der Waals surface area contributed by atoms with Crippen molar-refractivity contribution in [2.24, 2.45) is 0 Å². The van der Waals surface area contributed by atoms with Gasteiger partial charge < -0.3 is 0 Å². The van der Waals surface area contributed by atoms with Crippen molar-refractivity contribution in [2.45, 2.75) is 0 Å². The summed E-state index contributed by atoms with van der Waals surface area (Å²) in [6.07, 6.45) is 0. The zero-order valence-corrected chi connectivity index (χ0v) is 15.4. The van der Waals surface area contributed by atoms with Crippen LogP contribution in [0.5, 0.6) is 0 Å². The molecule has 0 heterocycles. The molecule has 0 N–H and O–H groups in total. The predicted octanol–water partition coefficient (Wildman–Crippen LogP) is 2.83. The summed E-state index contributed by atoms with van der Waals surface area (Å²) in [7, 11) is 0. The van der Waals surface area contributed by atoms with Crippen LogP contribution in [-0.4, -0.2) is 0 Å². The van der Waals surface area contributed by atoms with Crippen LogP contribution in [0.2, 0.25) is 0 Å². The molecule has 108 valence electrons. The van der Waals surface area contributed by atoms with Gasteiger partial charge in [0, 0.05) is 0 Å². The Kier molecular flexibility index (Phi) is 4.55. The summed E-state index contributed by atoms with van der Waals surface area (Å²) in [5, 5.41) is 0. The van der Waals surface area contributed by atoms with E-state index in [2.05, 4.69) is 0 Å². The van der Waals surface area contributed by atoms with Gasteiger partial charge in [0.1, 0.15) is 0 Å². The SMILES string of the molecule is Fc1c[c]([Hg][c]2cc(F)c(F)c(F)c2F)c(F)c(F)c1F. The monoisotopic (exact) mass is 500 g/mol. The summed E-state index contributed by atoms with van der Waals surface area (Å²) in [6, 6.07) is 0.627. The molecule has 0 aliphatic heterocycles. The van der Waals surface area contributed by atoms with Crippen molar-refractivity contribution >= 4 is 6.14 Å². The summed E-state index contributed by atoms with van der Waals surface area (Å²) in [4.78, 5) is 0. The van der Waals surface area contributed by atoms with Crippen LogP contribution in [0.3, 0.4) is 0 Å². The van der Waals surface area contributed by atoms with E-state index in [0.29, 0.717) is 12.1 Å². The maximum atomic E-state index is 13.4. The fourth-order valence-corrected chi connectivity index (χ4v) is 7.90. The third kappa shape index (κ3) is 2.90. The van der Waals surface area contributed by atoms with Crippen molar-refractivity contribution in [2.75, 3.05) is 0 Å². The van der Waals surface area contributed by atoms with Gasteiger partial charge in [0.25, 0.3) is 0 Å². The van der Waals surface area contributed by atoms with Gasteiger partial charge in [-0.1, -0.05) is 0 Å². The predicted molar refractivity (Wildman–Crippen MR) is 51.8 cm³/mol. The van der Waals surface area contributed by atoms with E-state index in [1.807, 2.05) is 0 Å². The maximum absolute atomic E-state index is 13.4. The Balaban J connectivity index is 2.54. The second-order valence-electron chi connectivity index (χ2n) is 4.10. The number of hydrogen-bond acceptors (Lipinski definition) is 0. The standard InChI is InChI=1S/2C6HF4.Hg/c2*7-3-1-2-4(8)6(10)5(3)9;/h2*1H;. The average Bonchev–Trinajstić information content (AvgIpc) is 2.45. The number of halogens is 8. The van der Waals surface area contributed by atoms with E-state index in [0.717, 1.165) is 0 Å². The molecule has 0 aliphatic carbocycles. The van der Waals surface area contributed by atoms with E-state index >= 15 is 0 Å². The van der Waals surface area contributed by atoms with Gasteiger partial charge >= 0.3 is 125 Å². The molecule has 2 rings (SSSR count). The minimum atomic E-state index is -3.32. The summed E-state index contributed by atoms with van der Waals surface area (Å²) in [6.45, 7) is 0. The van der Waals surface area contributed by atoms with Gasteiger partial charge in [0.15, 0.2) is 0 Å². The first kappa shape index (κ1) is 16.2. The minimum absolute atomic E-state index is 0.313. The molecule has 2 aromatic carbocycles. The van der Waals surface area contributed by atoms with Crippen molar-refractivity contribution in [1.82, 2.24) is 0 Å². The van der Waals surface area contributed by atoms with Gasteiger partial charge in [-0.05, 0) is 0 Å². The van der Waals surface area contributed by atoms with E-state index in [-0.39, 0.29) is 0 Å². The van der Waals surface area contributed by atoms with Gasteiger partial charge in [0.05, 0.1) is 0 Å². The van der Waals surface area contributed by atoms with Gasteiger partial charge in [0.2, 0.25) is 0 Å². The van der Waals surface area contributed by atoms with Crippen molar-refractivity contribution in [1.29, 1.82) is 0 Å². The van der Waals surface area contributed by atoms with Crippen molar-refractivity contribution in [3.05, 3.63) is 58.7 Å². The molecule has 0 nitrogen and oxygen atoms in total. The number of rotatable bonds is 2. The first-order valence-electron chi connectivity index (χ1n) is 5.37. The Bertz CT molecular complexity index is 667. The molecule has 0 bridgehead atoms. The average molecular weight is 499 g/mol. The Morgan fingerprint density at radius 2 is 0.810 bits per heavy atom. The molecule has 0 spiro atoms. The molecule has 0 aromatic heterocycles. The van der Waals surface area contributed by atoms with Gasteiger partial charge in [-0.3, -0.25) is 0 Å². The molecule has 0 saturated carbocycles. The summed E-state index contributed by atoms with van der Waals surface area (Å²) >= 11 is -3.32. The van der Waals surface area contributed by atoms with E-state index in [1.165, 1.54) is 0 Å². The molecule has 0 radical (unpaired) electrons. The summed E-state index contributed by atoms with van der Waals surface area (Å²) in [5.74, 6) is -15.1. The fraction of sp³-hybridized carbons (Fsp3) is 0. The number of hydrogen-bond donors (Lipinski definition) is 0. The molecule has 21 heavy (non-hydrogen) atoms. The van der Waals surface area contributed by atoms with Crippen LogP contribution in [0, 0.1) is 46.5 Å². The molecule has 2 aromatic rings. The zero-order valence-electron chi connectivity index (χ0n) is 9.89. The molecule has 0 aliphatic rings. The molecule has 0 unspecified atom stereocenters. The van der Waals surface area contributed by atoms with Gasteiger partial charge in [-0.15, -0.1) is 0 Å². The molecule has 0 fully saturated rings. The second-order valence-corrected chi connectivity index (χ2v) is 11.4. The molecular formula is C12H2F8Hg. The van der Waals surface area contributed by atoms with E-state index in [4.69, 9.17) is 0 Å². The molecule has 9 heteroatoms. The van der Waals surface area contributed by atoms with E-state index < -0.39 is 77.3 Å². The Hall–Kier alpha value is -1.18. The molecule has 0 saturated heterocycles. The summed E-state index contributed by atoms with van der Waals surface area (Å²) < 4.78 is 103. The normalized spacial score (nSPS) is 10.7. The molecule has 0 amide bonds. The first-order valence-corrected chi connectivity index (χ1v) is 10.9. The van der Waals surface area contributed by atoms with Crippen LogP contribution in [0.25, 0.3) is 0 Å². The van der Waals surface area contributed by atoms with Crippen molar-refractivity contribution < 1.29 is 59.7 Å². The Morgan fingerprint density at radius 3 is 1.14 bits per heavy atom. The van der Waals surface area contributed by atoms with Crippen LogP contribution in [0.1, 0.15) is 0 Å². The zero-order chi connectivity index (χ0) is 15.9.